The van der Waals surface area contributed by atoms with Gasteiger partial charge >= 0.3 is 0 Å². The predicted octanol–water partition coefficient (Wildman–Crippen LogP) is 3.58. The zero-order valence-corrected chi connectivity index (χ0v) is 18.6. The quantitative estimate of drug-likeness (QED) is 0.723. The molecule has 0 atom stereocenters. The molecule has 2 aromatic rings. The Hall–Kier alpha value is -2.03. The highest BCUT2D eigenvalue weighted by Gasteiger charge is 2.25. The minimum atomic E-state index is -3.56. The molecule has 0 aromatic heterocycles. The molecule has 1 amide bonds. The predicted molar refractivity (Wildman–Crippen MR) is 119 cm³/mol. The summed E-state index contributed by atoms with van der Waals surface area (Å²) < 4.78 is 27.3. The Morgan fingerprint density at radius 1 is 1.17 bits per heavy atom. The van der Waals surface area contributed by atoms with Gasteiger partial charge in [-0.15, -0.1) is 11.8 Å². The van der Waals surface area contributed by atoms with Crippen LogP contribution >= 0.6 is 11.8 Å². The first-order valence-corrected chi connectivity index (χ1v) is 12.2. The molecule has 1 heterocycles. The second-order valence-electron chi connectivity index (χ2n) is 6.78. The van der Waals surface area contributed by atoms with Gasteiger partial charge in [-0.2, -0.15) is 4.31 Å². The van der Waals surface area contributed by atoms with Crippen molar-refractivity contribution in [3.05, 3.63) is 48.0 Å². The molecule has 1 N–H and O–H groups in total. The second kappa shape index (κ2) is 9.19. The van der Waals surface area contributed by atoms with E-state index in [9.17, 15) is 13.2 Å². The maximum Gasteiger partial charge on any atom is 0.246 e. The Morgan fingerprint density at radius 2 is 1.90 bits per heavy atom. The molecule has 1 aliphatic rings. The number of aryl methyl sites for hydroxylation is 1. The highest BCUT2D eigenvalue weighted by atomic mass is 32.2. The zero-order chi connectivity index (χ0) is 21.0. The van der Waals surface area contributed by atoms with E-state index in [2.05, 4.69) is 5.32 Å². The molecule has 2 aromatic carbocycles. The Kier molecular flexibility index (Phi) is 6.87. The lowest BCUT2D eigenvalue weighted by molar-refractivity contribution is -0.117. The largest absolute Gasteiger partial charge is 0.376 e. The van der Waals surface area contributed by atoms with E-state index in [1.54, 1.807) is 35.7 Å². The van der Waals surface area contributed by atoms with Crippen LogP contribution in [0, 0.1) is 6.92 Å². The summed E-state index contributed by atoms with van der Waals surface area (Å²) in [5.74, 6) is 0.825. The number of nitrogens with zero attached hydrogens (tertiary/aromatic N) is 2. The molecule has 0 fully saturated rings. The summed E-state index contributed by atoms with van der Waals surface area (Å²) in [4.78, 5) is 16.0. The number of sulfonamides is 1. The maximum absolute atomic E-state index is 12.9. The molecule has 8 heteroatoms. The average molecular weight is 434 g/mol. The number of para-hydroxylation sites is 1. The van der Waals surface area contributed by atoms with Gasteiger partial charge in [0.05, 0.1) is 17.1 Å². The Balaban J connectivity index is 1.76. The van der Waals surface area contributed by atoms with Crippen molar-refractivity contribution < 1.29 is 13.2 Å². The smallest absolute Gasteiger partial charge is 0.246 e. The number of benzene rings is 2. The third kappa shape index (κ3) is 4.60. The molecule has 0 bridgehead atoms. The average Bonchev–Trinajstić information content (AvgIpc) is 2.73. The van der Waals surface area contributed by atoms with Crippen LogP contribution < -0.4 is 10.2 Å². The van der Waals surface area contributed by atoms with E-state index < -0.39 is 10.0 Å². The van der Waals surface area contributed by atoms with Crippen molar-refractivity contribution in [1.29, 1.82) is 0 Å². The summed E-state index contributed by atoms with van der Waals surface area (Å²) in [5.41, 5.74) is 2.24. The number of thioether (sulfide) groups is 1. The van der Waals surface area contributed by atoms with E-state index in [1.165, 1.54) is 4.31 Å². The third-order valence-electron chi connectivity index (χ3n) is 4.98. The van der Waals surface area contributed by atoms with Gasteiger partial charge in [-0.25, -0.2) is 8.42 Å². The normalized spacial score (nSPS) is 14.0. The van der Waals surface area contributed by atoms with Crippen molar-refractivity contribution in [2.24, 2.45) is 0 Å². The molecular weight excluding hydrogens is 406 g/mol. The number of anilines is 2. The number of carbonyl (C=O) groups is 1. The van der Waals surface area contributed by atoms with Crippen molar-refractivity contribution in [3.63, 3.8) is 0 Å². The fourth-order valence-electron chi connectivity index (χ4n) is 3.39. The molecule has 0 unspecified atom stereocenters. The van der Waals surface area contributed by atoms with E-state index in [4.69, 9.17) is 0 Å². The number of amides is 1. The minimum absolute atomic E-state index is 0.0357. The maximum atomic E-state index is 12.9. The van der Waals surface area contributed by atoms with Crippen molar-refractivity contribution in [2.45, 2.75) is 30.6 Å². The Morgan fingerprint density at radius 3 is 2.62 bits per heavy atom. The number of fused-ring (bicyclic) bond motifs is 1. The standard InChI is InChI=1S/C21H27N3O3S2/c1-4-23(5-2)29(26,27)20-14-17(11-10-16(20)3)22-15-21(25)24-12-13-28-19-9-7-6-8-18(19)24/h6-11,14,22H,4-5,12-13,15H2,1-3H3. The van der Waals surface area contributed by atoms with E-state index in [1.807, 2.05) is 44.2 Å². The van der Waals surface area contributed by atoms with Crippen LogP contribution in [0.5, 0.6) is 0 Å². The van der Waals surface area contributed by atoms with Crippen molar-refractivity contribution >= 4 is 39.1 Å². The van der Waals surface area contributed by atoms with Gasteiger partial charge in [0.15, 0.2) is 0 Å². The van der Waals surface area contributed by atoms with Gasteiger partial charge < -0.3 is 10.2 Å². The van der Waals surface area contributed by atoms with Crippen molar-refractivity contribution in [2.75, 3.05) is 42.1 Å². The number of rotatable bonds is 7. The number of hydrogen-bond acceptors (Lipinski definition) is 5. The van der Waals surface area contributed by atoms with Crippen LogP contribution in [0.25, 0.3) is 0 Å². The van der Waals surface area contributed by atoms with E-state index in [0.29, 0.717) is 30.9 Å². The first-order valence-electron chi connectivity index (χ1n) is 9.75. The molecule has 0 saturated heterocycles. The highest BCUT2D eigenvalue weighted by Crippen LogP contribution is 2.34. The SMILES string of the molecule is CCN(CC)S(=O)(=O)c1cc(NCC(=O)N2CCSc3ccccc32)ccc1C. The van der Waals surface area contributed by atoms with Crippen LogP contribution in [0.3, 0.4) is 0 Å². The summed E-state index contributed by atoms with van der Waals surface area (Å²) in [6.07, 6.45) is 0. The molecular formula is C21H27N3O3S2. The summed E-state index contributed by atoms with van der Waals surface area (Å²) in [6.45, 7) is 7.04. The van der Waals surface area contributed by atoms with Crippen LogP contribution in [-0.4, -0.2) is 50.6 Å². The lowest BCUT2D eigenvalue weighted by Gasteiger charge is -2.29. The van der Waals surface area contributed by atoms with Gasteiger partial charge in [0.25, 0.3) is 0 Å². The van der Waals surface area contributed by atoms with Crippen LogP contribution in [0.4, 0.5) is 11.4 Å². The molecule has 29 heavy (non-hydrogen) atoms. The number of nitrogens with one attached hydrogen (secondary N) is 1. The summed E-state index contributed by atoms with van der Waals surface area (Å²) in [7, 11) is -3.56. The number of carbonyl (C=O) groups excluding carboxylic acids is 1. The third-order valence-corrected chi connectivity index (χ3v) is 8.22. The van der Waals surface area contributed by atoms with Gasteiger partial charge in [-0.05, 0) is 36.8 Å². The molecule has 3 rings (SSSR count). The molecule has 0 saturated carbocycles. The Bertz CT molecular complexity index is 988. The second-order valence-corrected chi connectivity index (χ2v) is 9.83. The minimum Gasteiger partial charge on any atom is -0.376 e. The Labute approximate surface area is 177 Å². The fraction of sp³-hybridized carbons (Fsp3) is 0.381. The molecule has 0 spiro atoms. The highest BCUT2D eigenvalue weighted by molar-refractivity contribution is 7.99. The van der Waals surface area contributed by atoms with E-state index in [0.717, 1.165) is 16.3 Å². The van der Waals surface area contributed by atoms with Crippen LogP contribution in [0.2, 0.25) is 0 Å². The summed E-state index contributed by atoms with van der Waals surface area (Å²) in [6, 6.07) is 13.1. The monoisotopic (exact) mass is 433 g/mol. The van der Waals surface area contributed by atoms with Crippen molar-refractivity contribution in [1.82, 2.24) is 4.31 Å². The first kappa shape index (κ1) is 21.7. The van der Waals surface area contributed by atoms with Gasteiger partial charge in [-0.3, -0.25) is 4.79 Å². The van der Waals surface area contributed by atoms with E-state index >= 15 is 0 Å². The lowest BCUT2D eigenvalue weighted by atomic mass is 10.2. The molecule has 0 aliphatic carbocycles. The van der Waals surface area contributed by atoms with Gasteiger partial charge in [0, 0.05) is 36.0 Å². The van der Waals surface area contributed by atoms with Crippen LogP contribution in [0.15, 0.2) is 52.3 Å². The van der Waals surface area contributed by atoms with Gasteiger partial charge in [-0.1, -0.05) is 32.0 Å². The van der Waals surface area contributed by atoms with E-state index in [-0.39, 0.29) is 17.3 Å². The first-order chi connectivity index (χ1) is 13.9. The van der Waals surface area contributed by atoms with Crippen molar-refractivity contribution in [3.8, 4) is 0 Å². The topological polar surface area (TPSA) is 69.7 Å². The summed E-state index contributed by atoms with van der Waals surface area (Å²) in [5, 5.41) is 3.11. The number of hydrogen-bond donors (Lipinski definition) is 1. The molecule has 6 nitrogen and oxygen atoms in total. The lowest BCUT2D eigenvalue weighted by Crippen LogP contribution is -2.39. The molecule has 1 aliphatic heterocycles. The zero-order valence-electron chi connectivity index (χ0n) is 17.0. The summed E-state index contributed by atoms with van der Waals surface area (Å²) >= 11 is 1.75. The van der Waals surface area contributed by atoms with Gasteiger partial charge in [0.1, 0.15) is 0 Å². The fourth-order valence-corrected chi connectivity index (χ4v) is 6.10. The van der Waals surface area contributed by atoms with Crippen LogP contribution in [-0.2, 0) is 14.8 Å². The molecule has 156 valence electrons. The molecule has 0 radical (unpaired) electrons. The van der Waals surface area contributed by atoms with Gasteiger partial charge in [0.2, 0.25) is 15.9 Å². The van der Waals surface area contributed by atoms with Crippen LogP contribution in [0.1, 0.15) is 19.4 Å².